The number of nitrogens with one attached hydrogen (secondary N) is 1. The third-order valence-corrected chi connectivity index (χ3v) is 4.79. The van der Waals surface area contributed by atoms with Crippen molar-refractivity contribution in [2.24, 2.45) is 0 Å². The van der Waals surface area contributed by atoms with Gasteiger partial charge in [-0.15, -0.1) is 0 Å². The van der Waals surface area contributed by atoms with Crippen LogP contribution < -0.4 is 5.32 Å². The number of aromatic nitrogens is 3. The summed E-state index contributed by atoms with van der Waals surface area (Å²) in [6, 6.07) is 0. The van der Waals surface area contributed by atoms with Crippen molar-refractivity contribution in [1.29, 1.82) is 0 Å². The van der Waals surface area contributed by atoms with Gasteiger partial charge in [0.25, 0.3) is 5.91 Å². The fourth-order valence-corrected chi connectivity index (χ4v) is 3.38. The lowest BCUT2D eigenvalue weighted by Gasteiger charge is -2.28. The van der Waals surface area contributed by atoms with Gasteiger partial charge < -0.3 is 10.2 Å². The maximum Gasteiger partial charge on any atom is 0.253 e. The molecule has 0 radical (unpaired) electrons. The molecule has 1 aliphatic rings. The Morgan fingerprint density at radius 1 is 1.15 bits per heavy atom. The second-order valence-corrected chi connectivity index (χ2v) is 6.62. The van der Waals surface area contributed by atoms with Crippen molar-refractivity contribution in [3.8, 4) is 0 Å². The molecule has 7 nitrogen and oxygen atoms in total. The highest BCUT2D eigenvalue weighted by Crippen LogP contribution is 2.22. The van der Waals surface area contributed by atoms with E-state index in [1.54, 1.807) is 24.2 Å². The molecule has 0 aliphatic carbocycles. The number of amides is 2. The first-order chi connectivity index (χ1) is 12.4. The average Bonchev–Trinajstić information content (AvgIpc) is 2.59. The molecule has 26 heavy (non-hydrogen) atoms. The summed E-state index contributed by atoms with van der Waals surface area (Å²) in [6.07, 6.45) is 4.00. The highest BCUT2D eigenvalue weighted by Gasteiger charge is 2.23. The Hall–Kier alpha value is -2.83. The fraction of sp³-hybridized carbons (Fsp3) is 0.421. The molecule has 3 heterocycles. The van der Waals surface area contributed by atoms with Crippen LogP contribution in [0.4, 0.5) is 0 Å². The van der Waals surface area contributed by atoms with E-state index < -0.39 is 0 Å². The molecule has 0 unspecified atom stereocenters. The molecule has 0 spiro atoms. The molecular weight excluding hydrogens is 330 g/mol. The summed E-state index contributed by atoms with van der Waals surface area (Å²) in [5.41, 5.74) is 5.17. The number of pyridine rings is 1. The van der Waals surface area contributed by atoms with Crippen molar-refractivity contribution in [2.75, 3.05) is 6.54 Å². The number of nitrogens with zero attached hydrogens (tertiary/aromatic N) is 4. The highest BCUT2D eigenvalue weighted by molar-refractivity contribution is 5.95. The summed E-state index contributed by atoms with van der Waals surface area (Å²) in [4.78, 5) is 39.0. The molecule has 1 aliphatic heterocycles. The molecule has 0 fully saturated rings. The third kappa shape index (κ3) is 3.56. The van der Waals surface area contributed by atoms with Crippen molar-refractivity contribution < 1.29 is 9.59 Å². The number of rotatable bonds is 3. The molecule has 0 bridgehead atoms. The van der Waals surface area contributed by atoms with Crippen molar-refractivity contribution in [1.82, 2.24) is 25.2 Å². The van der Waals surface area contributed by atoms with Gasteiger partial charge in [0.2, 0.25) is 5.91 Å². The predicted molar refractivity (Wildman–Crippen MR) is 96.4 cm³/mol. The minimum atomic E-state index is -0.162. The normalized spacial score (nSPS) is 13.3. The van der Waals surface area contributed by atoms with Gasteiger partial charge in [-0.3, -0.25) is 14.6 Å². The van der Waals surface area contributed by atoms with Crippen molar-refractivity contribution in [3.63, 3.8) is 0 Å². The zero-order valence-electron chi connectivity index (χ0n) is 15.6. The van der Waals surface area contributed by atoms with Gasteiger partial charge >= 0.3 is 0 Å². The molecule has 136 valence electrons. The monoisotopic (exact) mass is 353 g/mol. The van der Waals surface area contributed by atoms with Crippen LogP contribution in [0.2, 0.25) is 0 Å². The van der Waals surface area contributed by atoms with E-state index in [0.29, 0.717) is 31.6 Å². The molecule has 0 atom stereocenters. The van der Waals surface area contributed by atoms with Crippen molar-refractivity contribution >= 4 is 11.8 Å². The van der Waals surface area contributed by atoms with Crippen LogP contribution in [0.3, 0.4) is 0 Å². The summed E-state index contributed by atoms with van der Waals surface area (Å²) < 4.78 is 0. The summed E-state index contributed by atoms with van der Waals surface area (Å²) in [7, 11) is 0. The number of fused-ring (bicyclic) bond motifs is 1. The summed E-state index contributed by atoms with van der Waals surface area (Å²) >= 11 is 0. The third-order valence-electron chi connectivity index (χ3n) is 4.79. The van der Waals surface area contributed by atoms with E-state index in [0.717, 1.165) is 33.9 Å². The smallest absolute Gasteiger partial charge is 0.253 e. The minimum Gasteiger partial charge on any atom is -0.348 e. The Balaban J connectivity index is 1.78. The van der Waals surface area contributed by atoms with Crippen LogP contribution >= 0.6 is 0 Å². The average molecular weight is 353 g/mol. The molecule has 0 aromatic carbocycles. The molecule has 3 rings (SSSR count). The van der Waals surface area contributed by atoms with Crippen LogP contribution in [0.5, 0.6) is 0 Å². The zero-order chi connectivity index (χ0) is 18.8. The van der Waals surface area contributed by atoms with E-state index in [-0.39, 0.29) is 11.8 Å². The molecule has 2 aromatic heterocycles. The van der Waals surface area contributed by atoms with Gasteiger partial charge in [-0.25, -0.2) is 9.97 Å². The van der Waals surface area contributed by atoms with E-state index in [9.17, 15) is 9.59 Å². The Morgan fingerprint density at radius 3 is 2.50 bits per heavy atom. The maximum atomic E-state index is 12.7. The quantitative estimate of drug-likeness (QED) is 0.906. The van der Waals surface area contributed by atoms with Crippen LogP contribution in [0.25, 0.3) is 0 Å². The largest absolute Gasteiger partial charge is 0.348 e. The number of aryl methyl sites for hydroxylation is 3. The van der Waals surface area contributed by atoms with Crippen LogP contribution in [0, 0.1) is 20.8 Å². The molecule has 7 heteroatoms. The van der Waals surface area contributed by atoms with Gasteiger partial charge in [0.15, 0.2) is 0 Å². The first-order valence-electron chi connectivity index (χ1n) is 8.67. The Bertz CT molecular complexity index is 855. The fourth-order valence-electron chi connectivity index (χ4n) is 3.38. The Labute approximate surface area is 152 Å². The molecule has 0 saturated heterocycles. The molecule has 2 aromatic rings. The number of hydrogen-bond acceptors (Lipinski definition) is 5. The highest BCUT2D eigenvalue weighted by atomic mass is 16.2. The first kappa shape index (κ1) is 18.0. The van der Waals surface area contributed by atoms with E-state index in [4.69, 9.17) is 0 Å². The number of carbonyl (C=O) groups excluding carboxylic acids is 2. The van der Waals surface area contributed by atoms with Crippen LogP contribution in [-0.4, -0.2) is 38.2 Å². The van der Waals surface area contributed by atoms with E-state index >= 15 is 0 Å². The van der Waals surface area contributed by atoms with Crippen LogP contribution in [0.15, 0.2) is 12.4 Å². The topological polar surface area (TPSA) is 88.1 Å². The lowest BCUT2D eigenvalue weighted by molar-refractivity contribution is -0.129. The first-order valence-corrected chi connectivity index (χ1v) is 8.67. The number of carbonyl (C=O) groups is 2. The summed E-state index contributed by atoms with van der Waals surface area (Å²) in [5, 5.41) is 2.96. The van der Waals surface area contributed by atoms with Gasteiger partial charge in [0, 0.05) is 55.9 Å². The van der Waals surface area contributed by atoms with Gasteiger partial charge in [-0.1, -0.05) is 0 Å². The van der Waals surface area contributed by atoms with Crippen LogP contribution in [-0.2, 0) is 24.3 Å². The lowest BCUT2D eigenvalue weighted by atomic mass is 9.96. The van der Waals surface area contributed by atoms with Gasteiger partial charge in [0.05, 0.1) is 5.56 Å². The Morgan fingerprint density at radius 2 is 1.85 bits per heavy atom. The molecule has 2 amide bonds. The second kappa shape index (κ2) is 7.19. The van der Waals surface area contributed by atoms with Crippen molar-refractivity contribution in [3.05, 3.63) is 51.9 Å². The minimum absolute atomic E-state index is 0.0378. The standard InChI is InChI=1S/C19H23N5O2/c1-11-17(12(2)23-13(3)22-11)9-21-19(26)18-8-20-7-15-10-24(14(4)25)6-5-16(15)18/h7-8H,5-6,9-10H2,1-4H3,(H,21,26). The predicted octanol–water partition coefficient (Wildman–Crippen LogP) is 1.63. The lowest BCUT2D eigenvalue weighted by Crippen LogP contribution is -2.36. The summed E-state index contributed by atoms with van der Waals surface area (Å²) in [5.74, 6) is 0.604. The zero-order valence-corrected chi connectivity index (χ0v) is 15.6. The SMILES string of the molecule is CC(=O)N1CCc2c(cncc2C(=O)NCc2c(C)nc(C)nc2C)C1. The Kier molecular flexibility index (Phi) is 4.97. The second-order valence-electron chi connectivity index (χ2n) is 6.62. The van der Waals surface area contributed by atoms with E-state index in [2.05, 4.69) is 20.3 Å². The van der Waals surface area contributed by atoms with E-state index in [1.807, 2.05) is 20.8 Å². The van der Waals surface area contributed by atoms with Crippen molar-refractivity contribution in [2.45, 2.75) is 47.2 Å². The molecule has 0 saturated carbocycles. The van der Waals surface area contributed by atoms with Gasteiger partial charge in [0.1, 0.15) is 5.82 Å². The summed E-state index contributed by atoms with van der Waals surface area (Å²) in [6.45, 7) is 8.76. The van der Waals surface area contributed by atoms with Crippen LogP contribution in [0.1, 0.15) is 51.2 Å². The van der Waals surface area contributed by atoms with Gasteiger partial charge in [-0.2, -0.15) is 0 Å². The van der Waals surface area contributed by atoms with E-state index in [1.165, 1.54) is 0 Å². The maximum absolute atomic E-state index is 12.7. The number of hydrogen-bond donors (Lipinski definition) is 1. The van der Waals surface area contributed by atoms with Gasteiger partial charge in [-0.05, 0) is 38.3 Å². The molecular formula is C19H23N5O2. The molecule has 1 N–H and O–H groups in total.